The van der Waals surface area contributed by atoms with E-state index in [1.165, 1.54) is 89.4 Å². The van der Waals surface area contributed by atoms with Gasteiger partial charge in [-0.05, 0) is 32.8 Å². The predicted molar refractivity (Wildman–Crippen MR) is 117 cm³/mol. The fraction of sp³-hybridized carbons (Fsp3) is 0.680. The molecule has 148 valence electrons. The van der Waals surface area contributed by atoms with Gasteiger partial charge in [0.15, 0.2) is 0 Å². The summed E-state index contributed by atoms with van der Waals surface area (Å²) in [6.45, 7) is 14.8. The van der Waals surface area contributed by atoms with Crippen molar-refractivity contribution in [3.63, 3.8) is 0 Å². The van der Waals surface area contributed by atoms with Crippen LogP contribution in [0.25, 0.3) is 0 Å². The molecule has 1 aromatic rings. The van der Waals surface area contributed by atoms with Gasteiger partial charge in [-0.2, -0.15) is 0 Å². The number of likely N-dealkylation sites (N-methyl/N-ethyl adjacent to an activating group) is 1. The molecule has 0 aromatic heterocycles. The second-order valence-corrected chi connectivity index (χ2v) is 7.85. The smallest absolute Gasteiger partial charge is 0.133 e. The summed E-state index contributed by atoms with van der Waals surface area (Å²) in [5.41, 5.74) is 1.42. The molecule has 0 bridgehead atoms. The summed E-state index contributed by atoms with van der Waals surface area (Å²) in [4.78, 5) is 0. The van der Waals surface area contributed by atoms with Crippen molar-refractivity contribution >= 4 is 0 Å². The third kappa shape index (κ3) is 7.66. The Morgan fingerprint density at radius 3 is 1.73 bits per heavy atom. The van der Waals surface area contributed by atoms with E-state index in [0.29, 0.717) is 6.04 Å². The highest BCUT2D eigenvalue weighted by molar-refractivity contribution is 5.20. The molecule has 0 N–H and O–H groups in total. The van der Waals surface area contributed by atoms with Crippen LogP contribution in [0.3, 0.4) is 0 Å². The Labute approximate surface area is 164 Å². The molecule has 1 unspecified atom stereocenters. The van der Waals surface area contributed by atoms with Gasteiger partial charge in [-0.25, -0.2) is 0 Å². The van der Waals surface area contributed by atoms with E-state index >= 15 is 0 Å². The highest BCUT2D eigenvalue weighted by atomic mass is 15.4. The van der Waals surface area contributed by atoms with Crippen molar-refractivity contribution in [3.05, 3.63) is 48.6 Å². The van der Waals surface area contributed by atoms with Crippen molar-refractivity contribution < 1.29 is 4.48 Å². The van der Waals surface area contributed by atoms with Gasteiger partial charge in [0, 0.05) is 5.56 Å². The molecular weight excluding hydrogens is 314 g/mol. The summed E-state index contributed by atoms with van der Waals surface area (Å²) in [6.07, 6.45) is 16.3. The molecule has 0 heterocycles. The summed E-state index contributed by atoms with van der Waals surface area (Å²) in [5.74, 6) is 0. The third-order valence-corrected chi connectivity index (χ3v) is 6.17. The number of nitrogens with zero attached hydrogens (tertiary/aromatic N) is 1. The van der Waals surface area contributed by atoms with E-state index in [1.54, 1.807) is 0 Å². The van der Waals surface area contributed by atoms with E-state index in [2.05, 4.69) is 63.8 Å². The first-order valence-corrected chi connectivity index (χ1v) is 11.3. The third-order valence-electron chi connectivity index (χ3n) is 6.17. The number of rotatable bonds is 16. The first kappa shape index (κ1) is 23.0. The molecular formula is C25H44N+. The van der Waals surface area contributed by atoms with E-state index in [9.17, 15) is 0 Å². The lowest BCUT2D eigenvalue weighted by atomic mass is 10.0. The van der Waals surface area contributed by atoms with Crippen LogP contribution in [0.1, 0.15) is 96.6 Å². The fourth-order valence-corrected chi connectivity index (χ4v) is 4.31. The van der Waals surface area contributed by atoms with Crippen LogP contribution in [0.5, 0.6) is 0 Å². The Hall–Kier alpha value is -1.08. The largest absolute Gasteiger partial charge is 0.315 e. The van der Waals surface area contributed by atoms with Gasteiger partial charge in [-0.1, -0.05) is 95.2 Å². The average molecular weight is 359 g/mol. The molecule has 0 saturated carbocycles. The number of hydrogen-bond donors (Lipinski definition) is 0. The van der Waals surface area contributed by atoms with Gasteiger partial charge in [0.05, 0.1) is 19.6 Å². The van der Waals surface area contributed by atoms with E-state index < -0.39 is 0 Å². The Balaban J connectivity index is 2.39. The van der Waals surface area contributed by atoms with Crippen molar-refractivity contribution in [1.29, 1.82) is 0 Å². The van der Waals surface area contributed by atoms with Crippen molar-refractivity contribution in [1.82, 2.24) is 0 Å². The van der Waals surface area contributed by atoms with E-state index in [0.717, 1.165) is 4.48 Å². The highest BCUT2D eigenvalue weighted by Crippen LogP contribution is 2.30. The van der Waals surface area contributed by atoms with Crippen LogP contribution in [0.4, 0.5) is 0 Å². The van der Waals surface area contributed by atoms with Crippen LogP contribution in [0.15, 0.2) is 43.0 Å². The molecule has 0 aliphatic carbocycles. The Morgan fingerprint density at radius 1 is 0.769 bits per heavy atom. The molecule has 0 saturated heterocycles. The zero-order valence-electron chi connectivity index (χ0n) is 17.9. The first-order valence-electron chi connectivity index (χ1n) is 11.3. The van der Waals surface area contributed by atoms with Crippen LogP contribution in [-0.2, 0) is 0 Å². The van der Waals surface area contributed by atoms with Gasteiger partial charge in [0.1, 0.15) is 6.04 Å². The molecule has 0 fully saturated rings. The van der Waals surface area contributed by atoms with E-state index in [4.69, 9.17) is 0 Å². The van der Waals surface area contributed by atoms with Crippen LogP contribution in [0.2, 0.25) is 0 Å². The Kier molecular flexibility index (Phi) is 12.4. The Morgan fingerprint density at radius 2 is 1.27 bits per heavy atom. The molecule has 0 radical (unpaired) electrons. The van der Waals surface area contributed by atoms with Gasteiger partial charge in [0.25, 0.3) is 0 Å². The van der Waals surface area contributed by atoms with Gasteiger partial charge < -0.3 is 4.48 Å². The average Bonchev–Trinajstić information content (AvgIpc) is 2.69. The highest BCUT2D eigenvalue weighted by Gasteiger charge is 2.32. The number of hydrogen-bond acceptors (Lipinski definition) is 0. The second kappa shape index (κ2) is 14.0. The van der Waals surface area contributed by atoms with Crippen molar-refractivity contribution in [2.75, 3.05) is 19.6 Å². The van der Waals surface area contributed by atoms with Gasteiger partial charge in [-0.3, -0.25) is 0 Å². The van der Waals surface area contributed by atoms with Crippen LogP contribution >= 0.6 is 0 Å². The quantitative estimate of drug-likeness (QED) is 0.161. The van der Waals surface area contributed by atoms with Gasteiger partial charge in [-0.15, -0.1) is 0 Å². The topological polar surface area (TPSA) is 0 Å². The molecule has 0 amide bonds. The molecule has 1 nitrogen and oxygen atoms in total. The fourth-order valence-electron chi connectivity index (χ4n) is 4.31. The lowest BCUT2D eigenvalue weighted by molar-refractivity contribution is -0.947. The van der Waals surface area contributed by atoms with E-state index in [-0.39, 0.29) is 0 Å². The molecule has 0 aliphatic heterocycles. The zero-order valence-corrected chi connectivity index (χ0v) is 17.9. The standard InChI is InChI=1S/C25H44N/c1-5-9-10-11-12-13-14-15-16-20-23-26(7-3,8-4)25(6-2)24-21-18-17-19-22-24/h6,17-19,21-22,25H,2,5,7-16,20,23H2,1,3-4H3/q+1. The molecule has 26 heavy (non-hydrogen) atoms. The SMILES string of the molecule is C=CC(c1ccccc1)[N+](CC)(CC)CCCCCCCCCCCC. The van der Waals surface area contributed by atoms with Crippen molar-refractivity contribution in [2.45, 2.75) is 91.0 Å². The predicted octanol–water partition coefficient (Wildman–Crippen LogP) is 7.69. The second-order valence-electron chi connectivity index (χ2n) is 7.85. The zero-order chi connectivity index (χ0) is 19.1. The molecule has 0 spiro atoms. The van der Waals surface area contributed by atoms with E-state index in [1.807, 2.05) is 0 Å². The van der Waals surface area contributed by atoms with Gasteiger partial charge in [0.2, 0.25) is 0 Å². The normalized spacial score (nSPS) is 12.9. The lowest BCUT2D eigenvalue weighted by Crippen LogP contribution is -2.50. The van der Waals surface area contributed by atoms with Crippen molar-refractivity contribution in [2.24, 2.45) is 0 Å². The lowest BCUT2D eigenvalue weighted by Gasteiger charge is -2.43. The summed E-state index contributed by atoms with van der Waals surface area (Å²) >= 11 is 0. The summed E-state index contributed by atoms with van der Waals surface area (Å²) < 4.78 is 1.14. The summed E-state index contributed by atoms with van der Waals surface area (Å²) in [5, 5.41) is 0. The minimum Gasteiger partial charge on any atom is -0.315 e. The monoisotopic (exact) mass is 358 g/mol. The minimum atomic E-state index is 0.421. The first-order chi connectivity index (χ1) is 12.7. The molecule has 1 aromatic carbocycles. The Bertz CT molecular complexity index is 446. The molecule has 1 rings (SSSR count). The summed E-state index contributed by atoms with van der Waals surface area (Å²) in [6, 6.07) is 11.4. The maximum atomic E-state index is 4.18. The van der Waals surface area contributed by atoms with Crippen molar-refractivity contribution in [3.8, 4) is 0 Å². The van der Waals surface area contributed by atoms with Gasteiger partial charge >= 0.3 is 0 Å². The maximum Gasteiger partial charge on any atom is 0.133 e. The number of unbranched alkanes of at least 4 members (excludes halogenated alkanes) is 9. The molecule has 1 atom stereocenters. The van der Waals surface area contributed by atoms with Crippen LogP contribution in [-0.4, -0.2) is 24.1 Å². The number of benzene rings is 1. The maximum absolute atomic E-state index is 4.18. The van der Waals surface area contributed by atoms with Crippen LogP contribution in [0, 0.1) is 0 Å². The number of quaternary nitrogens is 1. The molecule has 1 heteroatoms. The molecule has 0 aliphatic rings. The summed E-state index contributed by atoms with van der Waals surface area (Å²) in [7, 11) is 0. The minimum absolute atomic E-state index is 0.421. The van der Waals surface area contributed by atoms with Crippen LogP contribution < -0.4 is 0 Å².